The fourth-order valence-electron chi connectivity index (χ4n) is 1.63. The third-order valence-corrected chi connectivity index (χ3v) is 2.53. The van der Waals surface area contributed by atoms with Crippen LogP contribution in [0.2, 0.25) is 0 Å². The molecular formula is C12H8F3N2O+. The second-order valence-corrected chi connectivity index (χ2v) is 3.65. The van der Waals surface area contributed by atoms with Crippen LogP contribution in [0.25, 0.3) is 0 Å². The van der Waals surface area contributed by atoms with Crippen molar-refractivity contribution in [2.75, 3.05) is 0 Å². The van der Waals surface area contributed by atoms with Gasteiger partial charge in [0.2, 0.25) is 0 Å². The number of hydrogen-bond donors (Lipinski definition) is 1. The topological polar surface area (TPSA) is 43.9 Å². The Balaban J connectivity index is 2.42. The predicted octanol–water partition coefficient (Wildman–Crippen LogP) is 2.21. The van der Waals surface area contributed by atoms with Gasteiger partial charge in [-0.05, 0) is 18.2 Å². The predicted molar refractivity (Wildman–Crippen MR) is 58.7 cm³/mol. The van der Waals surface area contributed by atoms with E-state index in [9.17, 15) is 18.0 Å². The number of alkyl halides is 3. The summed E-state index contributed by atoms with van der Waals surface area (Å²) in [7, 11) is 0. The van der Waals surface area contributed by atoms with E-state index in [1.165, 1.54) is 24.3 Å². The first-order valence-corrected chi connectivity index (χ1v) is 4.99. The maximum atomic E-state index is 12.4. The number of hydrogen-bond acceptors (Lipinski definition) is 2. The van der Waals surface area contributed by atoms with Crippen LogP contribution in [0.5, 0.6) is 0 Å². The van der Waals surface area contributed by atoms with Crippen molar-refractivity contribution in [3.63, 3.8) is 0 Å². The Kier molecular flexibility index (Phi) is 2.86. The lowest BCUT2D eigenvalue weighted by Crippen LogP contribution is -2.19. The molecule has 1 aliphatic heterocycles. The van der Waals surface area contributed by atoms with Gasteiger partial charge in [-0.1, -0.05) is 17.5 Å². The monoisotopic (exact) mass is 253 g/mol. The van der Waals surface area contributed by atoms with Crippen molar-refractivity contribution < 1.29 is 22.5 Å². The maximum absolute atomic E-state index is 12.4. The van der Waals surface area contributed by atoms with Crippen molar-refractivity contribution >= 4 is 18.0 Å². The third kappa shape index (κ3) is 2.09. The van der Waals surface area contributed by atoms with E-state index in [2.05, 4.69) is 0 Å². The van der Waals surface area contributed by atoms with Crippen molar-refractivity contribution in [1.82, 2.24) is 0 Å². The van der Waals surface area contributed by atoms with Gasteiger partial charge in [0.15, 0.2) is 0 Å². The first-order chi connectivity index (χ1) is 8.43. The molecule has 1 aromatic carbocycles. The summed E-state index contributed by atoms with van der Waals surface area (Å²) in [6.07, 6.45) is -1.01. The highest BCUT2D eigenvalue weighted by Gasteiger charge is 2.30. The van der Waals surface area contributed by atoms with Gasteiger partial charge in [0.25, 0.3) is 0 Å². The third-order valence-electron chi connectivity index (χ3n) is 2.53. The smallest absolute Gasteiger partial charge is 0.250 e. The summed E-state index contributed by atoms with van der Waals surface area (Å²) in [4.78, 5) is 10.8. The van der Waals surface area contributed by atoms with Crippen LogP contribution in [-0.4, -0.2) is 22.5 Å². The van der Waals surface area contributed by atoms with Crippen molar-refractivity contribution in [3.05, 3.63) is 47.5 Å². The average molecular weight is 253 g/mol. The molecule has 1 aliphatic rings. The number of benzene rings is 1. The Hall–Kier alpha value is -2.24. The molecule has 0 saturated heterocycles. The van der Waals surface area contributed by atoms with Crippen LogP contribution in [0.1, 0.15) is 11.1 Å². The number of amidine groups is 1. The van der Waals surface area contributed by atoms with Crippen LogP contribution in [0.4, 0.5) is 13.2 Å². The Morgan fingerprint density at radius 3 is 2.22 bits per heavy atom. The van der Waals surface area contributed by atoms with Crippen LogP contribution in [-0.2, 0) is 11.0 Å². The Labute approximate surface area is 100 Å². The molecule has 0 unspecified atom stereocenters. The molecule has 92 valence electrons. The molecule has 3 nitrogen and oxygen atoms in total. The number of carbonyl (C=O) groups is 1. The van der Waals surface area contributed by atoms with Gasteiger partial charge in [0, 0.05) is 11.6 Å². The van der Waals surface area contributed by atoms with Crippen molar-refractivity contribution in [2.45, 2.75) is 6.18 Å². The van der Waals surface area contributed by atoms with Gasteiger partial charge in [-0.3, -0.25) is 4.79 Å². The van der Waals surface area contributed by atoms with Gasteiger partial charge in [-0.15, -0.1) is 0 Å². The number of nitrogens with one attached hydrogen (secondary N) is 1. The summed E-state index contributed by atoms with van der Waals surface area (Å²) in [5, 5.41) is 7.43. The minimum Gasteiger partial charge on any atom is -0.250 e. The van der Waals surface area contributed by atoms with Crippen LogP contribution < -0.4 is 0 Å². The van der Waals surface area contributed by atoms with E-state index in [4.69, 9.17) is 5.41 Å². The fraction of sp³-hybridized carbons (Fsp3) is 0.0833. The summed E-state index contributed by atoms with van der Waals surface area (Å²) in [5.74, 6) is -0.0140. The first-order valence-electron chi connectivity index (χ1n) is 4.99. The molecule has 0 aromatic heterocycles. The largest absolute Gasteiger partial charge is 0.416 e. The standard InChI is InChI=1S/C12H8F3N2O/c13-12(14,15)9-3-1-8(2-4-9)10-5-6-11(16)17(10)7-18/h1-7,16H/q+1. The lowest BCUT2D eigenvalue weighted by Gasteiger charge is -2.06. The molecule has 0 saturated carbocycles. The van der Waals surface area contributed by atoms with Crippen molar-refractivity contribution in [3.8, 4) is 0 Å². The summed E-state index contributed by atoms with van der Waals surface area (Å²) in [6.45, 7) is 0. The number of carbonyl (C=O) groups excluding carboxylic acids is 1. The van der Waals surface area contributed by atoms with Gasteiger partial charge in [0.1, 0.15) is 5.71 Å². The van der Waals surface area contributed by atoms with E-state index < -0.39 is 11.7 Å². The molecule has 1 heterocycles. The molecular weight excluding hydrogens is 245 g/mol. The molecule has 1 aromatic rings. The number of amides is 1. The van der Waals surface area contributed by atoms with Crippen molar-refractivity contribution in [2.24, 2.45) is 0 Å². The van der Waals surface area contributed by atoms with E-state index in [1.807, 2.05) is 0 Å². The number of rotatable bonds is 2. The van der Waals surface area contributed by atoms with E-state index in [1.54, 1.807) is 0 Å². The Bertz CT molecular complexity index is 568. The number of nitrogens with zero attached hydrogens (tertiary/aromatic N) is 1. The van der Waals surface area contributed by atoms with Crippen LogP contribution in [0.15, 0.2) is 36.4 Å². The highest BCUT2D eigenvalue weighted by molar-refractivity contribution is 6.15. The average Bonchev–Trinajstić information content (AvgIpc) is 2.69. The molecule has 0 atom stereocenters. The molecule has 1 N–H and O–H groups in total. The zero-order chi connectivity index (χ0) is 13.3. The second kappa shape index (κ2) is 4.21. The first kappa shape index (κ1) is 12.2. The van der Waals surface area contributed by atoms with Gasteiger partial charge >= 0.3 is 18.4 Å². The second-order valence-electron chi connectivity index (χ2n) is 3.65. The SMILES string of the molecule is N=C1C=CC(c2ccc(C(F)(F)F)cc2)=[N+]1C=O. The lowest BCUT2D eigenvalue weighted by molar-refractivity contribution is -0.316. The van der Waals surface area contributed by atoms with Crippen LogP contribution in [0, 0.1) is 5.41 Å². The minimum atomic E-state index is -4.38. The van der Waals surface area contributed by atoms with E-state index in [-0.39, 0.29) is 5.84 Å². The van der Waals surface area contributed by atoms with Gasteiger partial charge in [-0.2, -0.15) is 17.7 Å². The number of halogens is 3. The molecule has 0 aliphatic carbocycles. The fourth-order valence-corrected chi connectivity index (χ4v) is 1.63. The quantitative estimate of drug-likeness (QED) is 0.637. The van der Waals surface area contributed by atoms with E-state index in [0.29, 0.717) is 17.7 Å². The van der Waals surface area contributed by atoms with Crippen LogP contribution >= 0.6 is 0 Å². The highest BCUT2D eigenvalue weighted by atomic mass is 19.4. The summed E-state index contributed by atoms with van der Waals surface area (Å²) < 4.78 is 38.2. The van der Waals surface area contributed by atoms with Gasteiger partial charge < -0.3 is 0 Å². The molecule has 1 amide bonds. The zero-order valence-corrected chi connectivity index (χ0v) is 9.03. The molecule has 0 fully saturated rings. The van der Waals surface area contributed by atoms with E-state index in [0.717, 1.165) is 16.7 Å². The molecule has 18 heavy (non-hydrogen) atoms. The summed E-state index contributed by atoms with van der Waals surface area (Å²) in [5.41, 5.74) is 0.0962. The minimum absolute atomic E-state index is 0.0140. The summed E-state index contributed by atoms with van der Waals surface area (Å²) >= 11 is 0. The molecule has 0 radical (unpaired) electrons. The molecule has 2 rings (SSSR count). The van der Waals surface area contributed by atoms with Gasteiger partial charge in [0.05, 0.1) is 5.56 Å². The lowest BCUT2D eigenvalue weighted by atomic mass is 10.1. The summed E-state index contributed by atoms with van der Waals surface area (Å²) in [6, 6.07) is 4.44. The highest BCUT2D eigenvalue weighted by Crippen LogP contribution is 2.29. The number of allylic oxidation sites excluding steroid dienone is 1. The van der Waals surface area contributed by atoms with Crippen LogP contribution in [0.3, 0.4) is 0 Å². The Morgan fingerprint density at radius 2 is 1.72 bits per heavy atom. The van der Waals surface area contributed by atoms with Gasteiger partial charge in [-0.25, -0.2) is 0 Å². The Morgan fingerprint density at radius 1 is 1.11 bits per heavy atom. The molecule has 0 spiro atoms. The molecule has 6 heteroatoms. The molecule has 0 bridgehead atoms. The zero-order valence-electron chi connectivity index (χ0n) is 9.03. The maximum Gasteiger partial charge on any atom is 0.416 e. The normalized spacial score (nSPS) is 15.4. The van der Waals surface area contributed by atoms with Crippen molar-refractivity contribution in [1.29, 1.82) is 5.41 Å². The van der Waals surface area contributed by atoms with E-state index >= 15 is 0 Å².